The highest BCUT2D eigenvalue weighted by Crippen LogP contribution is 2.20. The number of amides is 2. The molecule has 2 atom stereocenters. The average molecular weight is 329 g/mol. The van der Waals surface area contributed by atoms with Crippen molar-refractivity contribution in [3.8, 4) is 0 Å². The molecule has 2 amide bonds. The summed E-state index contributed by atoms with van der Waals surface area (Å²) in [4.78, 5) is 30.4. The van der Waals surface area contributed by atoms with Gasteiger partial charge in [-0.15, -0.1) is 0 Å². The highest BCUT2D eigenvalue weighted by atomic mass is 16.3. The monoisotopic (exact) mass is 329 g/mol. The Morgan fingerprint density at radius 2 is 2.25 bits per heavy atom. The summed E-state index contributed by atoms with van der Waals surface area (Å²) in [7, 11) is 0. The number of piperidine rings is 1. The number of aromatic nitrogens is 1. The fraction of sp³-hybridized carbons (Fsp3) is 0.353. The normalized spacial score (nSPS) is 20.6. The van der Waals surface area contributed by atoms with Gasteiger partial charge in [0, 0.05) is 38.0 Å². The SMILES string of the molecule is O=C(N[C@@H]1CN(C(=O)c2ccoc2)CC[C@@H]1CO)c1cccnc1. The van der Waals surface area contributed by atoms with E-state index in [1.807, 2.05) is 0 Å². The lowest BCUT2D eigenvalue weighted by atomic mass is 9.91. The second kappa shape index (κ2) is 7.27. The van der Waals surface area contributed by atoms with Gasteiger partial charge < -0.3 is 19.7 Å². The van der Waals surface area contributed by atoms with Crippen molar-refractivity contribution in [3.63, 3.8) is 0 Å². The maximum atomic E-state index is 12.4. The summed E-state index contributed by atoms with van der Waals surface area (Å²) in [6.07, 6.45) is 6.57. The number of aliphatic hydroxyl groups excluding tert-OH is 1. The van der Waals surface area contributed by atoms with Crippen LogP contribution in [0.4, 0.5) is 0 Å². The van der Waals surface area contributed by atoms with Crippen molar-refractivity contribution in [3.05, 3.63) is 54.2 Å². The van der Waals surface area contributed by atoms with Crippen LogP contribution in [0, 0.1) is 5.92 Å². The van der Waals surface area contributed by atoms with Crippen LogP contribution >= 0.6 is 0 Å². The molecular weight excluding hydrogens is 310 g/mol. The van der Waals surface area contributed by atoms with E-state index in [0.717, 1.165) is 0 Å². The maximum absolute atomic E-state index is 12.4. The van der Waals surface area contributed by atoms with Crippen LogP contribution in [-0.4, -0.2) is 52.5 Å². The van der Waals surface area contributed by atoms with Crippen LogP contribution in [0.5, 0.6) is 0 Å². The third kappa shape index (κ3) is 3.46. The molecule has 2 aromatic heterocycles. The van der Waals surface area contributed by atoms with Gasteiger partial charge in [0.15, 0.2) is 0 Å². The first kappa shape index (κ1) is 16.2. The van der Waals surface area contributed by atoms with E-state index in [2.05, 4.69) is 10.3 Å². The van der Waals surface area contributed by atoms with E-state index in [9.17, 15) is 14.7 Å². The lowest BCUT2D eigenvalue weighted by Gasteiger charge is -2.38. The Kier molecular flexibility index (Phi) is 4.90. The highest BCUT2D eigenvalue weighted by molar-refractivity contribution is 5.95. The molecule has 24 heavy (non-hydrogen) atoms. The number of nitrogens with one attached hydrogen (secondary N) is 1. The van der Waals surface area contributed by atoms with Gasteiger partial charge in [0.1, 0.15) is 6.26 Å². The van der Waals surface area contributed by atoms with Gasteiger partial charge in [-0.2, -0.15) is 0 Å². The number of carbonyl (C=O) groups is 2. The van der Waals surface area contributed by atoms with Crippen LogP contribution in [-0.2, 0) is 0 Å². The number of hydrogen-bond donors (Lipinski definition) is 2. The Morgan fingerprint density at radius 1 is 1.38 bits per heavy atom. The number of pyridine rings is 1. The van der Waals surface area contributed by atoms with Crippen molar-refractivity contribution in [2.24, 2.45) is 5.92 Å². The first-order valence-corrected chi connectivity index (χ1v) is 7.82. The maximum Gasteiger partial charge on any atom is 0.257 e. The molecule has 1 fully saturated rings. The Hall–Kier alpha value is -2.67. The van der Waals surface area contributed by atoms with Gasteiger partial charge in [-0.1, -0.05) is 0 Å². The van der Waals surface area contributed by atoms with Gasteiger partial charge in [0.25, 0.3) is 11.8 Å². The second-order valence-electron chi connectivity index (χ2n) is 5.82. The predicted octanol–water partition coefficient (Wildman–Crippen LogP) is 0.928. The number of furan rings is 1. The van der Waals surface area contributed by atoms with E-state index >= 15 is 0 Å². The molecule has 0 bridgehead atoms. The lowest BCUT2D eigenvalue weighted by Crippen LogP contribution is -2.55. The van der Waals surface area contributed by atoms with E-state index in [4.69, 9.17) is 4.42 Å². The van der Waals surface area contributed by atoms with Crippen LogP contribution in [0.3, 0.4) is 0 Å². The van der Waals surface area contributed by atoms with Crippen molar-refractivity contribution < 1.29 is 19.1 Å². The summed E-state index contributed by atoms with van der Waals surface area (Å²) in [5.74, 6) is -0.482. The third-order valence-electron chi connectivity index (χ3n) is 4.29. The molecule has 3 rings (SSSR count). The van der Waals surface area contributed by atoms with Crippen LogP contribution in [0.25, 0.3) is 0 Å². The molecule has 2 N–H and O–H groups in total. The summed E-state index contributed by atoms with van der Waals surface area (Å²) in [6.45, 7) is 0.849. The number of aliphatic hydroxyl groups is 1. The molecule has 0 saturated carbocycles. The smallest absolute Gasteiger partial charge is 0.257 e. The third-order valence-corrected chi connectivity index (χ3v) is 4.29. The van der Waals surface area contributed by atoms with Crippen LogP contribution in [0.2, 0.25) is 0 Å². The minimum absolute atomic E-state index is 0.0360. The van der Waals surface area contributed by atoms with E-state index < -0.39 is 0 Å². The highest BCUT2D eigenvalue weighted by Gasteiger charge is 2.32. The van der Waals surface area contributed by atoms with Crippen molar-refractivity contribution in [2.45, 2.75) is 12.5 Å². The molecule has 0 aromatic carbocycles. The number of likely N-dealkylation sites (tertiary alicyclic amines) is 1. The molecule has 0 unspecified atom stereocenters. The molecule has 0 radical (unpaired) electrons. The predicted molar refractivity (Wildman–Crippen MR) is 85.3 cm³/mol. The second-order valence-corrected chi connectivity index (χ2v) is 5.82. The number of carbonyl (C=O) groups excluding carboxylic acids is 2. The fourth-order valence-corrected chi connectivity index (χ4v) is 2.88. The summed E-state index contributed by atoms with van der Waals surface area (Å²) in [5.41, 5.74) is 0.933. The quantitative estimate of drug-likeness (QED) is 0.870. The number of hydrogen-bond acceptors (Lipinski definition) is 5. The molecular formula is C17H19N3O4. The van der Waals surface area contributed by atoms with E-state index in [-0.39, 0.29) is 30.4 Å². The summed E-state index contributed by atoms with van der Waals surface area (Å²) in [5, 5.41) is 12.5. The summed E-state index contributed by atoms with van der Waals surface area (Å²) >= 11 is 0. The Labute approximate surface area is 139 Å². The summed E-state index contributed by atoms with van der Waals surface area (Å²) in [6, 6.07) is 4.66. The standard InChI is InChI=1S/C17H19N3O4/c21-10-13-3-6-20(17(23)14-4-7-24-11-14)9-15(13)19-16(22)12-2-1-5-18-8-12/h1-2,4-5,7-8,11,13,15,21H,3,6,9-10H2,(H,19,22)/t13-,15-/m1/s1. The Balaban J connectivity index is 1.69. The zero-order chi connectivity index (χ0) is 16.9. The lowest BCUT2D eigenvalue weighted by molar-refractivity contribution is 0.0541. The molecule has 3 heterocycles. The molecule has 7 nitrogen and oxygen atoms in total. The van der Waals surface area contributed by atoms with Gasteiger partial charge in [0.2, 0.25) is 0 Å². The molecule has 1 saturated heterocycles. The minimum atomic E-state index is -0.313. The molecule has 2 aromatic rings. The van der Waals surface area contributed by atoms with Crippen molar-refractivity contribution in [1.29, 1.82) is 0 Å². The molecule has 1 aliphatic heterocycles. The largest absolute Gasteiger partial charge is 0.472 e. The van der Waals surface area contributed by atoms with Crippen molar-refractivity contribution >= 4 is 11.8 Å². The van der Waals surface area contributed by atoms with Gasteiger partial charge >= 0.3 is 0 Å². The van der Waals surface area contributed by atoms with Crippen molar-refractivity contribution in [1.82, 2.24) is 15.2 Å². The Bertz CT molecular complexity index is 687. The van der Waals surface area contributed by atoms with Crippen molar-refractivity contribution in [2.75, 3.05) is 19.7 Å². The first-order chi connectivity index (χ1) is 11.7. The zero-order valence-corrected chi connectivity index (χ0v) is 13.1. The molecule has 0 spiro atoms. The van der Waals surface area contributed by atoms with Crippen LogP contribution in [0.15, 0.2) is 47.5 Å². The average Bonchev–Trinajstić information content (AvgIpc) is 3.16. The van der Waals surface area contributed by atoms with E-state index in [0.29, 0.717) is 30.6 Å². The fourth-order valence-electron chi connectivity index (χ4n) is 2.88. The van der Waals surface area contributed by atoms with E-state index in [1.165, 1.54) is 18.7 Å². The van der Waals surface area contributed by atoms with Gasteiger partial charge in [-0.3, -0.25) is 14.6 Å². The van der Waals surface area contributed by atoms with Gasteiger partial charge in [-0.05, 0) is 24.6 Å². The minimum Gasteiger partial charge on any atom is -0.472 e. The molecule has 0 aliphatic carbocycles. The van der Waals surface area contributed by atoms with Crippen LogP contribution < -0.4 is 5.32 Å². The Morgan fingerprint density at radius 3 is 2.92 bits per heavy atom. The number of nitrogens with zero attached hydrogens (tertiary/aromatic N) is 2. The summed E-state index contributed by atoms with van der Waals surface area (Å²) < 4.78 is 4.95. The van der Waals surface area contributed by atoms with Gasteiger partial charge in [-0.25, -0.2) is 0 Å². The van der Waals surface area contributed by atoms with Crippen LogP contribution in [0.1, 0.15) is 27.1 Å². The topological polar surface area (TPSA) is 95.7 Å². The zero-order valence-electron chi connectivity index (χ0n) is 13.1. The number of rotatable bonds is 4. The van der Waals surface area contributed by atoms with Gasteiger partial charge in [0.05, 0.1) is 23.4 Å². The van der Waals surface area contributed by atoms with E-state index in [1.54, 1.807) is 29.3 Å². The molecule has 126 valence electrons. The first-order valence-electron chi connectivity index (χ1n) is 7.82. The molecule has 7 heteroatoms. The molecule has 1 aliphatic rings.